The number of carbonyl (C=O) groups excluding carboxylic acids is 1. The van der Waals surface area contributed by atoms with Crippen molar-refractivity contribution in [2.24, 2.45) is 0 Å². The molecule has 1 amide bonds. The van der Waals surface area contributed by atoms with Crippen molar-refractivity contribution in [2.75, 3.05) is 18.0 Å². The lowest BCUT2D eigenvalue weighted by molar-refractivity contribution is 0.0951. The highest BCUT2D eigenvalue weighted by molar-refractivity contribution is 7.92. The van der Waals surface area contributed by atoms with E-state index in [1.807, 2.05) is 38.1 Å². The van der Waals surface area contributed by atoms with Gasteiger partial charge in [0.15, 0.2) is 0 Å². The third-order valence-corrected chi connectivity index (χ3v) is 6.62. The Hall–Kier alpha value is -3.32. The summed E-state index contributed by atoms with van der Waals surface area (Å²) in [5.41, 5.74) is 2.44. The number of ether oxygens (including phenoxy) is 1. The SMILES string of the molecule is CCOc1cccc(CNC(=O)c2ccccc2N(C)S(=O)(=O)c2ccc(C)cc2)c1. The molecule has 1 N–H and O–H groups in total. The second-order valence-electron chi connectivity index (χ2n) is 7.07. The number of nitrogens with one attached hydrogen (secondary N) is 1. The van der Waals surface area contributed by atoms with E-state index in [0.717, 1.165) is 21.2 Å². The first-order valence-electron chi connectivity index (χ1n) is 9.97. The van der Waals surface area contributed by atoms with Gasteiger partial charge in [-0.25, -0.2) is 8.42 Å². The van der Waals surface area contributed by atoms with Gasteiger partial charge in [-0.2, -0.15) is 0 Å². The van der Waals surface area contributed by atoms with Gasteiger partial charge in [-0.1, -0.05) is 42.0 Å². The fourth-order valence-corrected chi connectivity index (χ4v) is 4.34. The molecule has 0 aliphatic carbocycles. The number of carbonyl (C=O) groups is 1. The molecule has 0 aliphatic rings. The second-order valence-corrected chi connectivity index (χ2v) is 9.04. The Kier molecular flexibility index (Phi) is 6.97. The van der Waals surface area contributed by atoms with Gasteiger partial charge in [0, 0.05) is 13.6 Å². The third kappa shape index (κ3) is 5.24. The minimum absolute atomic E-state index is 0.170. The van der Waals surface area contributed by atoms with Gasteiger partial charge in [0.05, 0.1) is 22.8 Å². The molecular weight excluding hydrogens is 412 g/mol. The fourth-order valence-electron chi connectivity index (χ4n) is 3.13. The Bertz CT molecular complexity index is 1160. The van der Waals surface area contributed by atoms with Crippen LogP contribution in [-0.4, -0.2) is 28.0 Å². The van der Waals surface area contributed by atoms with Crippen LogP contribution in [0.1, 0.15) is 28.4 Å². The molecule has 0 fully saturated rings. The Morgan fingerprint density at radius 1 is 1.00 bits per heavy atom. The lowest BCUT2D eigenvalue weighted by atomic mass is 10.1. The van der Waals surface area contributed by atoms with E-state index in [0.29, 0.717) is 18.8 Å². The predicted octanol–water partition coefficient (Wildman–Crippen LogP) is 4.15. The van der Waals surface area contributed by atoms with Gasteiger partial charge in [-0.3, -0.25) is 9.10 Å². The predicted molar refractivity (Wildman–Crippen MR) is 122 cm³/mol. The summed E-state index contributed by atoms with van der Waals surface area (Å²) in [5.74, 6) is 0.377. The van der Waals surface area contributed by atoms with E-state index in [1.54, 1.807) is 48.5 Å². The normalized spacial score (nSPS) is 11.1. The zero-order chi connectivity index (χ0) is 22.4. The summed E-state index contributed by atoms with van der Waals surface area (Å²) in [6.45, 7) is 4.66. The minimum atomic E-state index is -3.81. The average molecular weight is 439 g/mol. The maximum atomic E-state index is 13.1. The highest BCUT2D eigenvalue weighted by atomic mass is 32.2. The first-order valence-corrected chi connectivity index (χ1v) is 11.4. The number of para-hydroxylation sites is 1. The largest absolute Gasteiger partial charge is 0.494 e. The number of aryl methyl sites for hydroxylation is 1. The molecule has 7 heteroatoms. The summed E-state index contributed by atoms with van der Waals surface area (Å²) in [6.07, 6.45) is 0. The van der Waals surface area contributed by atoms with Crippen LogP contribution < -0.4 is 14.4 Å². The van der Waals surface area contributed by atoms with Gasteiger partial charge in [-0.05, 0) is 55.8 Å². The number of amides is 1. The van der Waals surface area contributed by atoms with Crippen molar-refractivity contribution < 1.29 is 17.9 Å². The monoisotopic (exact) mass is 438 g/mol. The van der Waals surface area contributed by atoms with Crippen molar-refractivity contribution >= 4 is 21.6 Å². The minimum Gasteiger partial charge on any atom is -0.494 e. The summed E-state index contributed by atoms with van der Waals surface area (Å²) in [5, 5.41) is 2.86. The van der Waals surface area contributed by atoms with Crippen LogP contribution in [0.2, 0.25) is 0 Å². The van der Waals surface area contributed by atoms with Gasteiger partial charge in [-0.15, -0.1) is 0 Å². The third-order valence-electron chi connectivity index (χ3n) is 4.83. The molecule has 0 heterocycles. The molecule has 0 aromatic heterocycles. The number of nitrogens with zero attached hydrogens (tertiary/aromatic N) is 1. The molecule has 6 nitrogen and oxygen atoms in total. The summed E-state index contributed by atoms with van der Waals surface area (Å²) in [6, 6.07) is 20.7. The Morgan fingerprint density at radius 2 is 1.71 bits per heavy atom. The molecular formula is C24H26N2O4S. The first kappa shape index (κ1) is 22.4. The van der Waals surface area contributed by atoms with Gasteiger partial charge < -0.3 is 10.1 Å². The summed E-state index contributed by atoms with van der Waals surface area (Å²) >= 11 is 0. The number of hydrogen-bond donors (Lipinski definition) is 1. The van der Waals surface area contributed by atoms with Gasteiger partial charge in [0.1, 0.15) is 5.75 Å². The van der Waals surface area contributed by atoms with Crippen LogP contribution >= 0.6 is 0 Å². The van der Waals surface area contributed by atoms with Crippen molar-refractivity contribution in [3.8, 4) is 5.75 Å². The quantitative estimate of drug-likeness (QED) is 0.573. The zero-order valence-electron chi connectivity index (χ0n) is 17.8. The number of hydrogen-bond acceptors (Lipinski definition) is 4. The van der Waals surface area contributed by atoms with Crippen LogP contribution in [0.4, 0.5) is 5.69 Å². The molecule has 162 valence electrons. The van der Waals surface area contributed by atoms with Crippen LogP contribution in [-0.2, 0) is 16.6 Å². The number of benzene rings is 3. The lowest BCUT2D eigenvalue weighted by Crippen LogP contribution is -2.30. The molecule has 0 bridgehead atoms. The molecule has 3 aromatic carbocycles. The van der Waals surface area contributed by atoms with Crippen molar-refractivity contribution in [3.63, 3.8) is 0 Å². The Labute approximate surface area is 183 Å². The van der Waals surface area contributed by atoms with Crippen molar-refractivity contribution in [1.82, 2.24) is 5.32 Å². The maximum absolute atomic E-state index is 13.1. The second kappa shape index (κ2) is 9.66. The number of rotatable bonds is 8. The van der Waals surface area contributed by atoms with E-state index in [4.69, 9.17) is 4.74 Å². The molecule has 0 aliphatic heterocycles. The van der Waals surface area contributed by atoms with Crippen molar-refractivity contribution in [3.05, 3.63) is 89.5 Å². The van der Waals surface area contributed by atoms with Crippen molar-refractivity contribution in [2.45, 2.75) is 25.3 Å². The van der Waals surface area contributed by atoms with E-state index in [1.165, 1.54) is 7.05 Å². The Balaban J connectivity index is 1.81. The lowest BCUT2D eigenvalue weighted by Gasteiger charge is -2.22. The van der Waals surface area contributed by atoms with Gasteiger partial charge in [0.2, 0.25) is 0 Å². The smallest absolute Gasteiger partial charge is 0.264 e. The summed E-state index contributed by atoms with van der Waals surface area (Å²) < 4.78 is 32.8. The molecule has 0 atom stereocenters. The van der Waals surface area contributed by atoms with Crippen LogP contribution in [0.25, 0.3) is 0 Å². The Morgan fingerprint density at radius 3 is 2.42 bits per heavy atom. The van der Waals surface area contributed by atoms with E-state index in [2.05, 4.69) is 5.32 Å². The standard InChI is InChI=1S/C24H26N2O4S/c1-4-30-20-9-7-8-19(16-20)17-25-24(27)22-10-5-6-11-23(22)26(3)31(28,29)21-14-12-18(2)13-15-21/h5-16H,4,17H2,1-3H3,(H,25,27). The van der Waals surface area contributed by atoms with Crippen LogP contribution in [0.15, 0.2) is 77.7 Å². The highest BCUT2D eigenvalue weighted by Gasteiger charge is 2.24. The first-order chi connectivity index (χ1) is 14.8. The van der Waals surface area contributed by atoms with Crippen LogP contribution in [0.5, 0.6) is 5.75 Å². The molecule has 3 rings (SSSR count). The van der Waals surface area contributed by atoms with Crippen LogP contribution in [0.3, 0.4) is 0 Å². The molecule has 0 saturated carbocycles. The maximum Gasteiger partial charge on any atom is 0.264 e. The highest BCUT2D eigenvalue weighted by Crippen LogP contribution is 2.26. The van der Waals surface area contributed by atoms with Crippen LogP contribution in [0, 0.1) is 6.92 Å². The van der Waals surface area contributed by atoms with E-state index < -0.39 is 10.0 Å². The average Bonchev–Trinajstić information content (AvgIpc) is 2.78. The summed E-state index contributed by atoms with van der Waals surface area (Å²) in [4.78, 5) is 13.1. The van der Waals surface area contributed by atoms with E-state index >= 15 is 0 Å². The molecule has 3 aromatic rings. The molecule has 0 radical (unpaired) electrons. The number of sulfonamides is 1. The zero-order valence-corrected chi connectivity index (χ0v) is 18.6. The summed E-state index contributed by atoms with van der Waals surface area (Å²) in [7, 11) is -2.36. The molecule has 31 heavy (non-hydrogen) atoms. The van der Waals surface area contributed by atoms with E-state index in [9.17, 15) is 13.2 Å². The molecule has 0 unspecified atom stereocenters. The molecule has 0 spiro atoms. The number of anilines is 1. The van der Waals surface area contributed by atoms with Gasteiger partial charge in [0.25, 0.3) is 15.9 Å². The van der Waals surface area contributed by atoms with E-state index in [-0.39, 0.29) is 16.4 Å². The van der Waals surface area contributed by atoms with Gasteiger partial charge >= 0.3 is 0 Å². The topological polar surface area (TPSA) is 75.7 Å². The van der Waals surface area contributed by atoms with Crippen molar-refractivity contribution in [1.29, 1.82) is 0 Å². The molecule has 0 saturated heterocycles. The fraction of sp³-hybridized carbons (Fsp3) is 0.208.